The molecule has 3 rings (SSSR count). The van der Waals surface area contributed by atoms with E-state index in [0.29, 0.717) is 18.1 Å². The number of carbonyl (C=O) groups excluding carboxylic acids is 1. The molecule has 0 spiro atoms. The standard InChI is InChI=1S/C18H21F2NO6/c1-25-18(24)21-8-12(6-13(21)16(22)23)11-4-5-14(27-17(19)20)15(7-11)26-9-10-2-3-10/h4-5,7,10,12-13,17H,2-3,6,8-9H2,1H3,(H,22,23). The van der Waals surface area contributed by atoms with Crippen LogP contribution in [0.1, 0.15) is 30.7 Å². The van der Waals surface area contributed by atoms with E-state index in [1.54, 1.807) is 12.1 Å². The Morgan fingerprint density at radius 1 is 1.30 bits per heavy atom. The molecule has 1 amide bonds. The zero-order valence-electron chi connectivity index (χ0n) is 14.8. The Morgan fingerprint density at radius 2 is 2.04 bits per heavy atom. The van der Waals surface area contributed by atoms with Gasteiger partial charge in [0.1, 0.15) is 6.04 Å². The van der Waals surface area contributed by atoms with E-state index in [4.69, 9.17) is 4.74 Å². The third-order valence-corrected chi connectivity index (χ3v) is 4.82. The van der Waals surface area contributed by atoms with Gasteiger partial charge in [0.2, 0.25) is 0 Å². The second kappa shape index (κ2) is 7.98. The van der Waals surface area contributed by atoms with Crippen molar-refractivity contribution in [3.63, 3.8) is 0 Å². The van der Waals surface area contributed by atoms with Crippen molar-refractivity contribution in [1.82, 2.24) is 4.90 Å². The molecule has 7 nitrogen and oxygen atoms in total. The average Bonchev–Trinajstić information content (AvgIpc) is 3.35. The smallest absolute Gasteiger partial charge is 0.410 e. The lowest BCUT2D eigenvalue weighted by Crippen LogP contribution is -2.40. The average molecular weight is 385 g/mol. The number of hydrogen-bond acceptors (Lipinski definition) is 5. The molecule has 2 atom stereocenters. The van der Waals surface area contributed by atoms with E-state index in [1.165, 1.54) is 13.2 Å². The van der Waals surface area contributed by atoms with Crippen molar-refractivity contribution >= 4 is 12.1 Å². The Kier molecular flexibility index (Phi) is 5.67. The number of carbonyl (C=O) groups is 2. The summed E-state index contributed by atoms with van der Waals surface area (Å²) in [7, 11) is 1.19. The summed E-state index contributed by atoms with van der Waals surface area (Å²) in [6.07, 6.45) is 1.57. The van der Waals surface area contributed by atoms with E-state index in [2.05, 4.69) is 9.47 Å². The van der Waals surface area contributed by atoms with Gasteiger partial charge in [0.25, 0.3) is 0 Å². The van der Waals surface area contributed by atoms with Crippen molar-refractivity contribution in [1.29, 1.82) is 0 Å². The molecule has 1 heterocycles. The monoisotopic (exact) mass is 385 g/mol. The maximum atomic E-state index is 12.6. The predicted octanol–water partition coefficient (Wildman–Crippen LogP) is 3.09. The molecule has 1 N–H and O–H groups in total. The maximum Gasteiger partial charge on any atom is 0.410 e. The van der Waals surface area contributed by atoms with Crippen LogP contribution < -0.4 is 9.47 Å². The van der Waals surface area contributed by atoms with Crippen LogP contribution >= 0.6 is 0 Å². The second-order valence-electron chi connectivity index (χ2n) is 6.75. The molecule has 148 valence electrons. The van der Waals surface area contributed by atoms with Crippen LogP contribution in [0.3, 0.4) is 0 Å². The van der Waals surface area contributed by atoms with Crippen molar-refractivity contribution in [2.45, 2.75) is 37.8 Å². The van der Waals surface area contributed by atoms with E-state index in [0.717, 1.165) is 17.7 Å². The molecule has 2 fully saturated rings. The van der Waals surface area contributed by atoms with Crippen molar-refractivity contribution in [2.75, 3.05) is 20.3 Å². The van der Waals surface area contributed by atoms with Crippen LogP contribution in [-0.4, -0.2) is 55.0 Å². The van der Waals surface area contributed by atoms with Crippen LogP contribution in [-0.2, 0) is 9.53 Å². The number of carboxylic acid groups (broad SMARTS) is 1. The molecule has 1 saturated heterocycles. The minimum absolute atomic E-state index is 0.0630. The lowest BCUT2D eigenvalue weighted by Gasteiger charge is -2.19. The van der Waals surface area contributed by atoms with E-state index in [-0.39, 0.29) is 30.4 Å². The minimum atomic E-state index is -2.98. The van der Waals surface area contributed by atoms with Gasteiger partial charge in [-0.15, -0.1) is 0 Å². The molecule has 0 aromatic heterocycles. The van der Waals surface area contributed by atoms with Gasteiger partial charge in [-0.3, -0.25) is 4.90 Å². The number of nitrogens with zero attached hydrogens (tertiary/aromatic N) is 1. The second-order valence-corrected chi connectivity index (χ2v) is 6.75. The first-order valence-electron chi connectivity index (χ1n) is 8.68. The molecular weight excluding hydrogens is 364 g/mol. The van der Waals surface area contributed by atoms with Crippen LogP contribution in [0.5, 0.6) is 11.5 Å². The largest absolute Gasteiger partial charge is 0.489 e. The zero-order valence-corrected chi connectivity index (χ0v) is 14.8. The molecule has 1 aromatic carbocycles. The van der Waals surface area contributed by atoms with Crippen LogP contribution in [0.2, 0.25) is 0 Å². The Hall–Kier alpha value is -2.58. The summed E-state index contributed by atoms with van der Waals surface area (Å²) >= 11 is 0. The zero-order chi connectivity index (χ0) is 19.6. The molecule has 1 saturated carbocycles. The molecule has 27 heavy (non-hydrogen) atoms. The molecule has 1 aromatic rings. The molecule has 1 aliphatic heterocycles. The van der Waals surface area contributed by atoms with Gasteiger partial charge >= 0.3 is 18.7 Å². The first kappa shape index (κ1) is 19.2. The fraction of sp³-hybridized carbons (Fsp3) is 0.556. The Bertz CT molecular complexity index is 709. The molecule has 2 unspecified atom stereocenters. The summed E-state index contributed by atoms with van der Waals surface area (Å²) in [5.41, 5.74) is 0.695. The van der Waals surface area contributed by atoms with Gasteiger partial charge in [0.05, 0.1) is 13.7 Å². The van der Waals surface area contributed by atoms with Gasteiger partial charge in [-0.2, -0.15) is 8.78 Å². The first-order valence-corrected chi connectivity index (χ1v) is 8.68. The summed E-state index contributed by atoms with van der Waals surface area (Å²) in [5.74, 6) is -0.847. The highest BCUT2D eigenvalue weighted by Crippen LogP contribution is 2.39. The molecule has 0 bridgehead atoms. The Morgan fingerprint density at radius 3 is 2.63 bits per heavy atom. The number of carboxylic acids is 1. The predicted molar refractivity (Wildman–Crippen MR) is 89.2 cm³/mol. The highest BCUT2D eigenvalue weighted by molar-refractivity contribution is 5.81. The van der Waals surface area contributed by atoms with Gasteiger partial charge in [-0.25, -0.2) is 9.59 Å². The van der Waals surface area contributed by atoms with Gasteiger partial charge in [0.15, 0.2) is 11.5 Å². The van der Waals surface area contributed by atoms with Crippen molar-refractivity contribution in [3.8, 4) is 11.5 Å². The molecule has 0 radical (unpaired) electrons. The number of amides is 1. The van der Waals surface area contributed by atoms with Crippen LogP contribution in [0.4, 0.5) is 13.6 Å². The van der Waals surface area contributed by atoms with E-state index < -0.39 is 24.7 Å². The summed E-state index contributed by atoms with van der Waals surface area (Å²) < 4.78 is 40.1. The number of halogens is 2. The number of likely N-dealkylation sites (tertiary alicyclic amines) is 1. The molecule has 9 heteroatoms. The van der Waals surface area contributed by atoms with Crippen LogP contribution in [0, 0.1) is 5.92 Å². The number of ether oxygens (including phenoxy) is 3. The lowest BCUT2D eigenvalue weighted by atomic mass is 9.96. The van der Waals surface area contributed by atoms with Gasteiger partial charge < -0.3 is 19.3 Å². The normalized spacial score (nSPS) is 22.0. The molecule has 2 aliphatic rings. The number of hydrogen-bond donors (Lipinski definition) is 1. The molecule has 1 aliphatic carbocycles. The van der Waals surface area contributed by atoms with Crippen molar-refractivity contribution in [3.05, 3.63) is 23.8 Å². The Labute approximate surface area is 154 Å². The fourth-order valence-electron chi connectivity index (χ4n) is 3.21. The highest BCUT2D eigenvalue weighted by atomic mass is 19.3. The third-order valence-electron chi connectivity index (χ3n) is 4.82. The highest BCUT2D eigenvalue weighted by Gasteiger charge is 2.41. The van der Waals surface area contributed by atoms with Gasteiger partial charge in [-0.1, -0.05) is 6.07 Å². The molecular formula is C18H21F2NO6. The number of aliphatic carboxylic acids is 1. The number of alkyl halides is 2. The lowest BCUT2D eigenvalue weighted by molar-refractivity contribution is -0.141. The number of rotatable bonds is 7. The quantitative estimate of drug-likeness (QED) is 0.776. The van der Waals surface area contributed by atoms with Gasteiger partial charge in [-0.05, 0) is 42.9 Å². The number of methoxy groups -OCH3 is 1. The summed E-state index contributed by atoms with van der Waals surface area (Å²) in [6.45, 7) is -2.41. The SMILES string of the molecule is COC(=O)N1CC(c2ccc(OC(F)F)c(OCC3CC3)c2)CC1C(=O)O. The van der Waals surface area contributed by atoms with E-state index >= 15 is 0 Å². The van der Waals surface area contributed by atoms with Crippen LogP contribution in [0.15, 0.2) is 18.2 Å². The fourth-order valence-corrected chi connectivity index (χ4v) is 3.21. The minimum Gasteiger partial charge on any atom is -0.489 e. The third kappa shape index (κ3) is 4.58. The number of benzene rings is 1. The van der Waals surface area contributed by atoms with E-state index in [1.807, 2.05) is 0 Å². The van der Waals surface area contributed by atoms with Crippen molar-refractivity contribution in [2.24, 2.45) is 5.92 Å². The van der Waals surface area contributed by atoms with Crippen molar-refractivity contribution < 1.29 is 37.7 Å². The summed E-state index contributed by atoms with van der Waals surface area (Å²) in [4.78, 5) is 24.5. The Balaban J connectivity index is 1.81. The van der Waals surface area contributed by atoms with E-state index in [9.17, 15) is 23.5 Å². The van der Waals surface area contributed by atoms with Crippen LogP contribution in [0.25, 0.3) is 0 Å². The topological polar surface area (TPSA) is 85.3 Å². The maximum absolute atomic E-state index is 12.6. The first-order chi connectivity index (χ1) is 12.9. The van der Waals surface area contributed by atoms with Gasteiger partial charge in [0, 0.05) is 12.5 Å². The summed E-state index contributed by atoms with van der Waals surface area (Å²) in [5, 5.41) is 9.37. The summed E-state index contributed by atoms with van der Waals surface area (Å²) in [6, 6.07) is 3.56.